The minimum Gasteiger partial charge on any atom is -0.495 e. The Balaban J connectivity index is 1.68. The molecule has 0 radical (unpaired) electrons. The van der Waals surface area contributed by atoms with Crippen molar-refractivity contribution in [2.24, 2.45) is 0 Å². The number of nitrogens with one attached hydrogen (secondary N) is 1. The second-order valence-corrected chi connectivity index (χ2v) is 7.18. The summed E-state index contributed by atoms with van der Waals surface area (Å²) in [5.41, 5.74) is 3.24. The summed E-state index contributed by atoms with van der Waals surface area (Å²) in [6.45, 7) is 5.40. The Morgan fingerprint density at radius 1 is 1.03 bits per heavy atom. The highest BCUT2D eigenvalue weighted by atomic mass is 16.6. The maximum atomic E-state index is 12.5. The van der Waals surface area contributed by atoms with Crippen LogP contribution in [0.1, 0.15) is 28.7 Å². The third kappa shape index (κ3) is 4.77. The van der Waals surface area contributed by atoms with Gasteiger partial charge in [0, 0.05) is 29.2 Å². The lowest BCUT2D eigenvalue weighted by Gasteiger charge is -2.15. The number of benzene rings is 2. The number of aryl methyl sites for hydroxylation is 2. The number of esters is 1. The van der Waals surface area contributed by atoms with Gasteiger partial charge in [-0.2, -0.15) is 0 Å². The summed E-state index contributed by atoms with van der Waals surface area (Å²) < 4.78 is 12.4. The van der Waals surface area contributed by atoms with Crippen LogP contribution in [0.5, 0.6) is 5.75 Å². The molecule has 166 valence electrons. The van der Waals surface area contributed by atoms with E-state index in [1.807, 2.05) is 26.0 Å². The summed E-state index contributed by atoms with van der Waals surface area (Å²) in [5.74, 6) is -1.06. The van der Waals surface area contributed by atoms with Crippen LogP contribution in [0, 0.1) is 24.0 Å². The molecule has 1 heterocycles. The molecular formula is C23H23N3O6. The summed E-state index contributed by atoms with van der Waals surface area (Å²) in [7, 11) is 1.38. The average Bonchev–Trinajstić information content (AvgIpc) is 3.11. The number of hydrogen-bond donors (Lipinski definition) is 1. The fraction of sp³-hybridized carbons (Fsp3) is 0.217. The number of nitrogens with zero attached hydrogens (tertiary/aromatic N) is 2. The van der Waals surface area contributed by atoms with Gasteiger partial charge in [-0.25, -0.2) is 4.79 Å². The van der Waals surface area contributed by atoms with Crippen molar-refractivity contribution >= 4 is 23.3 Å². The zero-order valence-corrected chi connectivity index (χ0v) is 18.1. The van der Waals surface area contributed by atoms with E-state index in [0.717, 1.165) is 17.1 Å². The molecule has 0 spiro atoms. The van der Waals surface area contributed by atoms with Gasteiger partial charge in [0.2, 0.25) is 0 Å². The minimum atomic E-state index is -1.14. The molecular weight excluding hydrogens is 414 g/mol. The molecule has 9 heteroatoms. The minimum absolute atomic E-state index is 0.108. The Bertz CT molecular complexity index is 1150. The Kier molecular flexibility index (Phi) is 6.58. The number of carbonyl (C=O) groups excluding carboxylic acids is 2. The zero-order valence-electron chi connectivity index (χ0n) is 18.1. The second kappa shape index (κ2) is 9.34. The van der Waals surface area contributed by atoms with Crippen molar-refractivity contribution in [2.45, 2.75) is 26.9 Å². The SMILES string of the molecule is COc1ccc([N+](=O)[O-])cc1NC(=O)C(C)OC(=O)c1ccc(-n2c(C)ccc2C)cc1. The number of nitro groups is 1. The number of nitro benzene ring substituents is 1. The van der Waals surface area contributed by atoms with Gasteiger partial charge in [0.05, 0.1) is 23.3 Å². The molecule has 0 aliphatic carbocycles. The van der Waals surface area contributed by atoms with Gasteiger partial charge in [-0.3, -0.25) is 14.9 Å². The van der Waals surface area contributed by atoms with Crippen LogP contribution in [0.4, 0.5) is 11.4 Å². The first kappa shape index (κ1) is 22.5. The predicted octanol–water partition coefficient (Wildman–Crippen LogP) is 4.19. The predicted molar refractivity (Wildman–Crippen MR) is 118 cm³/mol. The number of anilines is 1. The summed E-state index contributed by atoms with van der Waals surface area (Å²) in [5, 5.41) is 13.5. The standard InChI is InChI=1S/C23H23N3O6/c1-14-5-6-15(2)25(14)18-9-7-17(8-10-18)23(28)32-16(3)22(27)24-20-13-19(26(29)30)11-12-21(20)31-4/h5-13,16H,1-4H3,(H,24,27). The van der Waals surface area contributed by atoms with Crippen molar-refractivity contribution in [3.63, 3.8) is 0 Å². The Hall–Kier alpha value is -4.14. The first-order chi connectivity index (χ1) is 15.2. The average molecular weight is 437 g/mol. The number of rotatable bonds is 7. The molecule has 1 aromatic heterocycles. The molecule has 0 bridgehead atoms. The molecule has 1 N–H and O–H groups in total. The Morgan fingerprint density at radius 2 is 1.66 bits per heavy atom. The summed E-state index contributed by atoms with van der Waals surface area (Å²) >= 11 is 0. The van der Waals surface area contributed by atoms with E-state index in [1.165, 1.54) is 32.2 Å². The molecule has 0 saturated carbocycles. The molecule has 3 rings (SSSR count). The van der Waals surface area contributed by atoms with Gasteiger partial charge in [0.1, 0.15) is 5.75 Å². The lowest BCUT2D eigenvalue weighted by Crippen LogP contribution is -2.30. The van der Waals surface area contributed by atoms with Crippen LogP contribution in [0.15, 0.2) is 54.6 Å². The number of ether oxygens (including phenoxy) is 2. The molecule has 0 fully saturated rings. The highest BCUT2D eigenvalue weighted by Gasteiger charge is 2.21. The zero-order chi connectivity index (χ0) is 23.4. The highest BCUT2D eigenvalue weighted by Crippen LogP contribution is 2.29. The monoisotopic (exact) mass is 437 g/mol. The van der Waals surface area contributed by atoms with Crippen LogP contribution in [-0.2, 0) is 9.53 Å². The van der Waals surface area contributed by atoms with Crippen LogP contribution < -0.4 is 10.1 Å². The number of non-ortho nitro benzene ring substituents is 1. The van der Waals surface area contributed by atoms with Crippen molar-refractivity contribution in [1.82, 2.24) is 4.57 Å². The molecule has 0 aliphatic heterocycles. The maximum Gasteiger partial charge on any atom is 0.338 e. The van der Waals surface area contributed by atoms with Gasteiger partial charge in [0.15, 0.2) is 6.10 Å². The first-order valence-electron chi connectivity index (χ1n) is 9.81. The van der Waals surface area contributed by atoms with Crippen molar-refractivity contribution in [3.05, 3.63) is 81.7 Å². The molecule has 1 atom stereocenters. The molecule has 1 amide bonds. The first-order valence-corrected chi connectivity index (χ1v) is 9.81. The number of hydrogen-bond acceptors (Lipinski definition) is 6. The Labute approximate surface area is 184 Å². The number of aromatic nitrogens is 1. The van der Waals surface area contributed by atoms with Crippen LogP contribution >= 0.6 is 0 Å². The lowest BCUT2D eigenvalue weighted by molar-refractivity contribution is -0.384. The van der Waals surface area contributed by atoms with Gasteiger partial charge < -0.3 is 19.4 Å². The van der Waals surface area contributed by atoms with E-state index in [-0.39, 0.29) is 17.1 Å². The summed E-state index contributed by atoms with van der Waals surface area (Å²) in [6.07, 6.45) is -1.14. The van der Waals surface area contributed by atoms with Crippen LogP contribution in [0.2, 0.25) is 0 Å². The molecule has 9 nitrogen and oxygen atoms in total. The number of methoxy groups -OCH3 is 1. The van der Waals surface area contributed by atoms with E-state index >= 15 is 0 Å². The number of amides is 1. The second-order valence-electron chi connectivity index (χ2n) is 7.18. The van der Waals surface area contributed by atoms with Gasteiger partial charge >= 0.3 is 5.97 Å². The van der Waals surface area contributed by atoms with Crippen LogP contribution in [-0.4, -0.2) is 34.6 Å². The van der Waals surface area contributed by atoms with Crippen molar-refractivity contribution in [3.8, 4) is 11.4 Å². The van der Waals surface area contributed by atoms with Gasteiger partial charge in [-0.1, -0.05) is 0 Å². The highest BCUT2D eigenvalue weighted by molar-refractivity contribution is 5.98. The molecule has 32 heavy (non-hydrogen) atoms. The molecule has 1 unspecified atom stereocenters. The van der Waals surface area contributed by atoms with Gasteiger partial charge in [-0.05, 0) is 63.2 Å². The Morgan fingerprint density at radius 3 is 2.22 bits per heavy atom. The molecule has 2 aromatic carbocycles. The van der Waals surface area contributed by atoms with Crippen molar-refractivity contribution < 1.29 is 24.0 Å². The lowest BCUT2D eigenvalue weighted by atomic mass is 10.2. The van der Waals surface area contributed by atoms with Gasteiger partial charge in [-0.15, -0.1) is 0 Å². The summed E-state index contributed by atoms with van der Waals surface area (Å²) in [4.78, 5) is 35.4. The quantitative estimate of drug-likeness (QED) is 0.337. The normalized spacial score (nSPS) is 11.5. The van der Waals surface area contributed by atoms with Crippen LogP contribution in [0.25, 0.3) is 5.69 Å². The molecule has 3 aromatic rings. The maximum absolute atomic E-state index is 12.5. The van der Waals surface area contributed by atoms with Gasteiger partial charge in [0.25, 0.3) is 11.6 Å². The third-order valence-electron chi connectivity index (χ3n) is 4.94. The number of carbonyl (C=O) groups is 2. The van der Waals surface area contributed by atoms with E-state index in [9.17, 15) is 19.7 Å². The van der Waals surface area contributed by atoms with E-state index in [1.54, 1.807) is 24.3 Å². The topological polar surface area (TPSA) is 113 Å². The molecule has 0 saturated heterocycles. The van der Waals surface area contributed by atoms with E-state index < -0.39 is 22.9 Å². The van der Waals surface area contributed by atoms with E-state index in [0.29, 0.717) is 5.56 Å². The molecule has 0 aliphatic rings. The largest absolute Gasteiger partial charge is 0.495 e. The van der Waals surface area contributed by atoms with Crippen molar-refractivity contribution in [1.29, 1.82) is 0 Å². The van der Waals surface area contributed by atoms with Crippen molar-refractivity contribution in [2.75, 3.05) is 12.4 Å². The third-order valence-corrected chi connectivity index (χ3v) is 4.94. The summed E-state index contributed by atoms with van der Waals surface area (Å²) in [6, 6.07) is 14.7. The van der Waals surface area contributed by atoms with E-state index in [2.05, 4.69) is 9.88 Å². The van der Waals surface area contributed by atoms with Crippen LogP contribution in [0.3, 0.4) is 0 Å². The van der Waals surface area contributed by atoms with E-state index in [4.69, 9.17) is 9.47 Å². The fourth-order valence-electron chi connectivity index (χ4n) is 3.25. The fourth-order valence-corrected chi connectivity index (χ4v) is 3.25. The smallest absolute Gasteiger partial charge is 0.338 e.